The molecular formula is C14H11BrClFN2S. The molecule has 0 unspecified atom stereocenters. The number of halogens is 3. The number of nitrogens with zero attached hydrogens (tertiary/aromatic N) is 2. The predicted octanol–water partition coefficient (Wildman–Crippen LogP) is 4.98. The number of fused-ring (bicyclic) bond motifs is 1. The van der Waals surface area contributed by atoms with Crippen molar-refractivity contribution in [1.82, 2.24) is 9.55 Å². The van der Waals surface area contributed by atoms with Gasteiger partial charge in [-0.05, 0) is 50.8 Å². The van der Waals surface area contributed by atoms with Crippen molar-refractivity contribution in [2.45, 2.75) is 18.8 Å². The summed E-state index contributed by atoms with van der Waals surface area (Å²) in [5.41, 5.74) is 2.82. The summed E-state index contributed by atoms with van der Waals surface area (Å²) in [6, 6.07) is 5.30. The summed E-state index contributed by atoms with van der Waals surface area (Å²) in [4.78, 5) is 4.47. The Balaban J connectivity index is 2.01. The van der Waals surface area contributed by atoms with Crippen LogP contribution in [0.2, 0.25) is 0 Å². The fourth-order valence-corrected chi connectivity index (χ4v) is 3.44. The van der Waals surface area contributed by atoms with E-state index in [0.717, 1.165) is 29.8 Å². The van der Waals surface area contributed by atoms with Gasteiger partial charge in [-0.25, -0.2) is 9.37 Å². The molecule has 0 radical (unpaired) electrons. The van der Waals surface area contributed by atoms with Crippen molar-refractivity contribution >= 4 is 49.9 Å². The van der Waals surface area contributed by atoms with Crippen LogP contribution in [0.4, 0.5) is 4.39 Å². The lowest BCUT2D eigenvalue weighted by Crippen LogP contribution is -2.04. The maximum absolute atomic E-state index is 13.7. The molecule has 3 rings (SSSR count). The smallest absolute Gasteiger partial charge is 0.139 e. The van der Waals surface area contributed by atoms with Gasteiger partial charge in [0.1, 0.15) is 11.6 Å². The van der Waals surface area contributed by atoms with Gasteiger partial charge < -0.3 is 4.57 Å². The van der Waals surface area contributed by atoms with E-state index in [1.54, 1.807) is 17.4 Å². The van der Waals surface area contributed by atoms with E-state index in [1.165, 1.54) is 11.6 Å². The third kappa shape index (κ3) is 2.62. The SMILES string of the molecule is Fc1cc2c(cc1Br)nc(CCl)n2CCc1ccsc1. The van der Waals surface area contributed by atoms with E-state index in [0.29, 0.717) is 10.4 Å². The van der Waals surface area contributed by atoms with Crippen LogP contribution in [0.15, 0.2) is 33.4 Å². The summed E-state index contributed by atoms with van der Waals surface area (Å²) in [6.07, 6.45) is 0.885. The Hall–Kier alpha value is -0.910. The minimum atomic E-state index is -0.282. The topological polar surface area (TPSA) is 17.8 Å². The molecule has 2 aromatic heterocycles. The van der Waals surface area contributed by atoms with Crippen LogP contribution < -0.4 is 0 Å². The number of aromatic nitrogens is 2. The molecule has 0 saturated carbocycles. The Labute approximate surface area is 133 Å². The first-order valence-electron chi connectivity index (χ1n) is 6.10. The third-order valence-electron chi connectivity index (χ3n) is 3.19. The van der Waals surface area contributed by atoms with E-state index in [9.17, 15) is 4.39 Å². The van der Waals surface area contributed by atoms with Crippen molar-refractivity contribution in [2.24, 2.45) is 0 Å². The average Bonchev–Trinajstić information content (AvgIpc) is 3.05. The zero-order chi connectivity index (χ0) is 14.1. The molecule has 0 amide bonds. The molecule has 104 valence electrons. The van der Waals surface area contributed by atoms with E-state index in [-0.39, 0.29) is 5.82 Å². The molecule has 1 aromatic carbocycles. The molecule has 0 saturated heterocycles. The lowest BCUT2D eigenvalue weighted by Gasteiger charge is -2.07. The van der Waals surface area contributed by atoms with E-state index >= 15 is 0 Å². The van der Waals surface area contributed by atoms with E-state index in [2.05, 4.69) is 37.7 Å². The second-order valence-electron chi connectivity index (χ2n) is 4.45. The molecule has 6 heteroatoms. The monoisotopic (exact) mass is 372 g/mol. The minimum absolute atomic E-state index is 0.282. The Morgan fingerprint density at radius 3 is 2.95 bits per heavy atom. The summed E-state index contributed by atoms with van der Waals surface area (Å²) < 4.78 is 16.2. The zero-order valence-electron chi connectivity index (χ0n) is 10.4. The number of hydrogen-bond donors (Lipinski definition) is 0. The van der Waals surface area contributed by atoms with Gasteiger partial charge in [-0.1, -0.05) is 0 Å². The molecule has 2 nitrogen and oxygen atoms in total. The molecule has 2 heterocycles. The van der Waals surface area contributed by atoms with Crippen molar-refractivity contribution < 1.29 is 4.39 Å². The van der Waals surface area contributed by atoms with Gasteiger partial charge in [0.05, 0.1) is 21.4 Å². The number of benzene rings is 1. The van der Waals surface area contributed by atoms with Crippen molar-refractivity contribution in [3.05, 3.63) is 50.6 Å². The van der Waals surface area contributed by atoms with E-state index in [1.807, 2.05) is 4.57 Å². The van der Waals surface area contributed by atoms with E-state index < -0.39 is 0 Å². The number of rotatable bonds is 4. The van der Waals surface area contributed by atoms with Gasteiger partial charge in [-0.15, -0.1) is 11.6 Å². The summed E-state index contributed by atoms with van der Waals surface area (Å²) in [5.74, 6) is 0.807. The Morgan fingerprint density at radius 2 is 2.25 bits per heavy atom. The van der Waals surface area contributed by atoms with Gasteiger partial charge >= 0.3 is 0 Å². The van der Waals surface area contributed by atoms with E-state index in [4.69, 9.17) is 11.6 Å². The molecule has 0 aliphatic rings. The van der Waals surface area contributed by atoms with Gasteiger partial charge in [-0.3, -0.25) is 0 Å². The largest absolute Gasteiger partial charge is 0.327 e. The van der Waals surface area contributed by atoms with Crippen LogP contribution in [0.25, 0.3) is 11.0 Å². The Bertz CT molecular complexity index is 739. The molecule has 0 fully saturated rings. The van der Waals surface area contributed by atoms with Crippen LogP contribution in [0, 0.1) is 5.82 Å². The van der Waals surface area contributed by atoms with Gasteiger partial charge in [-0.2, -0.15) is 11.3 Å². The summed E-state index contributed by atoms with van der Waals surface area (Å²) >= 11 is 10.8. The predicted molar refractivity (Wildman–Crippen MR) is 85.0 cm³/mol. The normalized spacial score (nSPS) is 11.3. The van der Waals surface area contributed by atoms with Gasteiger partial charge in [0.15, 0.2) is 0 Å². The summed E-state index contributed by atoms with van der Waals surface area (Å²) in [6.45, 7) is 0.746. The van der Waals surface area contributed by atoms with Crippen molar-refractivity contribution in [1.29, 1.82) is 0 Å². The molecular weight excluding hydrogens is 363 g/mol. The highest BCUT2D eigenvalue weighted by atomic mass is 79.9. The van der Waals surface area contributed by atoms with Crippen molar-refractivity contribution in [2.75, 3.05) is 0 Å². The minimum Gasteiger partial charge on any atom is -0.327 e. The van der Waals surface area contributed by atoms with Gasteiger partial charge in [0.25, 0.3) is 0 Å². The molecule has 0 aliphatic heterocycles. The third-order valence-corrected chi connectivity index (χ3v) is 4.77. The van der Waals surface area contributed by atoms with Crippen LogP contribution in [-0.4, -0.2) is 9.55 Å². The number of alkyl halides is 1. The highest BCUT2D eigenvalue weighted by molar-refractivity contribution is 9.10. The molecule has 0 N–H and O–H groups in total. The molecule has 0 aliphatic carbocycles. The maximum atomic E-state index is 13.7. The molecule has 20 heavy (non-hydrogen) atoms. The van der Waals surface area contributed by atoms with Crippen molar-refractivity contribution in [3.63, 3.8) is 0 Å². The molecule has 0 bridgehead atoms. The molecule has 3 aromatic rings. The fourth-order valence-electron chi connectivity index (χ4n) is 2.20. The second kappa shape index (κ2) is 5.84. The average molecular weight is 374 g/mol. The lowest BCUT2D eigenvalue weighted by molar-refractivity contribution is 0.620. The van der Waals surface area contributed by atoms with Crippen LogP contribution in [0.1, 0.15) is 11.4 Å². The number of aryl methyl sites for hydroxylation is 2. The van der Waals surface area contributed by atoms with Crippen LogP contribution >= 0.6 is 38.9 Å². The molecule has 0 spiro atoms. The first kappa shape index (κ1) is 14.0. The van der Waals surface area contributed by atoms with Crippen LogP contribution in [-0.2, 0) is 18.8 Å². The summed E-state index contributed by atoms with van der Waals surface area (Å²) in [7, 11) is 0. The lowest BCUT2D eigenvalue weighted by atomic mass is 10.2. The first-order chi connectivity index (χ1) is 9.69. The first-order valence-corrected chi connectivity index (χ1v) is 8.37. The standard InChI is InChI=1S/C14H11BrClFN2S/c15-10-5-12-13(6-11(10)17)19(14(7-16)18-12)3-1-9-2-4-20-8-9/h2,4-6,8H,1,3,7H2. The number of thiophene rings is 1. The second-order valence-corrected chi connectivity index (χ2v) is 6.35. The van der Waals surface area contributed by atoms with Gasteiger partial charge in [0, 0.05) is 12.6 Å². The van der Waals surface area contributed by atoms with Crippen LogP contribution in [0.5, 0.6) is 0 Å². The Kier molecular flexibility index (Phi) is 4.10. The number of hydrogen-bond acceptors (Lipinski definition) is 2. The maximum Gasteiger partial charge on any atom is 0.139 e. The zero-order valence-corrected chi connectivity index (χ0v) is 13.6. The molecule has 0 atom stereocenters. The van der Waals surface area contributed by atoms with Crippen molar-refractivity contribution in [3.8, 4) is 0 Å². The quantitative estimate of drug-likeness (QED) is 0.590. The highest BCUT2D eigenvalue weighted by Crippen LogP contribution is 2.25. The fraction of sp³-hybridized carbons (Fsp3) is 0.214. The Morgan fingerprint density at radius 1 is 1.40 bits per heavy atom. The highest BCUT2D eigenvalue weighted by Gasteiger charge is 2.13. The van der Waals surface area contributed by atoms with Crippen LogP contribution in [0.3, 0.4) is 0 Å². The summed E-state index contributed by atoms with van der Waals surface area (Å²) in [5, 5.41) is 4.18. The number of imidazole rings is 1. The van der Waals surface area contributed by atoms with Gasteiger partial charge in [0.2, 0.25) is 0 Å².